The van der Waals surface area contributed by atoms with Crippen LogP contribution in [0.1, 0.15) is 18.5 Å². The van der Waals surface area contributed by atoms with Crippen molar-refractivity contribution in [1.29, 1.82) is 0 Å². The van der Waals surface area contributed by atoms with Crippen molar-refractivity contribution < 1.29 is 13.2 Å². The second-order valence-electron chi connectivity index (χ2n) is 5.29. The fourth-order valence-electron chi connectivity index (χ4n) is 2.05. The summed E-state index contributed by atoms with van der Waals surface area (Å²) in [6.45, 7) is 1.81. The lowest BCUT2D eigenvalue weighted by Gasteiger charge is -2.16. The highest BCUT2D eigenvalue weighted by Crippen LogP contribution is 2.25. The molecule has 2 amide bonds. The SMILES string of the molecule is C[C@@H](NC(=O)Nc1cc(S(C)(=O)=O)ccc1Cl)c1cccc(Cl)c1. The maximum Gasteiger partial charge on any atom is 0.319 e. The molecule has 0 fully saturated rings. The van der Waals surface area contributed by atoms with Gasteiger partial charge in [0.25, 0.3) is 0 Å². The van der Waals surface area contributed by atoms with Crippen LogP contribution in [-0.4, -0.2) is 20.7 Å². The smallest absolute Gasteiger partial charge is 0.319 e. The van der Waals surface area contributed by atoms with E-state index in [-0.39, 0.29) is 21.6 Å². The third-order valence-corrected chi connectivity index (χ3v) is 4.99. The van der Waals surface area contributed by atoms with E-state index in [1.165, 1.54) is 18.2 Å². The molecule has 0 unspecified atom stereocenters. The summed E-state index contributed by atoms with van der Waals surface area (Å²) < 4.78 is 23.2. The van der Waals surface area contributed by atoms with Crippen LogP contribution in [0, 0.1) is 0 Å². The summed E-state index contributed by atoms with van der Waals surface area (Å²) in [6.07, 6.45) is 1.08. The Bertz CT molecular complexity index is 869. The number of benzene rings is 2. The van der Waals surface area contributed by atoms with Crippen molar-refractivity contribution in [2.45, 2.75) is 17.9 Å². The Kier molecular flexibility index (Phi) is 5.74. The van der Waals surface area contributed by atoms with Crippen LogP contribution in [0.15, 0.2) is 47.4 Å². The zero-order valence-electron chi connectivity index (χ0n) is 13.0. The Labute approximate surface area is 150 Å². The van der Waals surface area contributed by atoms with Crippen molar-refractivity contribution in [3.05, 3.63) is 58.1 Å². The van der Waals surface area contributed by atoms with Gasteiger partial charge in [-0.3, -0.25) is 0 Å². The first-order chi connectivity index (χ1) is 11.2. The van der Waals surface area contributed by atoms with Gasteiger partial charge < -0.3 is 10.6 Å². The number of amides is 2. The van der Waals surface area contributed by atoms with E-state index >= 15 is 0 Å². The average molecular weight is 387 g/mol. The second-order valence-corrected chi connectivity index (χ2v) is 8.15. The molecule has 0 heterocycles. The van der Waals surface area contributed by atoms with Crippen molar-refractivity contribution >= 4 is 44.8 Å². The number of urea groups is 1. The molecule has 2 N–H and O–H groups in total. The van der Waals surface area contributed by atoms with Gasteiger partial charge in [0.05, 0.1) is 21.6 Å². The molecule has 0 bridgehead atoms. The van der Waals surface area contributed by atoms with Gasteiger partial charge in [0, 0.05) is 11.3 Å². The summed E-state index contributed by atoms with van der Waals surface area (Å²) in [5, 5.41) is 6.12. The van der Waals surface area contributed by atoms with Crippen molar-refractivity contribution in [2.75, 3.05) is 11.6 Å². The number of rotatable bonds is 4. The maximum atomic E-state index is 12.1. The van der Waals surface area contributed by atoms with E-state index in [0.29, 0.717) is 5.02 Å². The number of sulfone groups is 1. The average Bonchev–Trinajstić information content (AvgIpc) is 2.48. The lowest BCUT2D eigenvalue weighted by atomic mass is 10.1. The first-order valence-electron chi connectivity index (χ1n) is 6.99. The Morgan fingerprint density at radius 3 is 2.46 bits per heavy atom. The first kappa shape index (κ1) is 18.6. The van der Waals surface area contributed by atoms with Gasteiger partial charge in [-0.1, -0.05) is 35.3 Å². The Hall–Kier alpha value is -1.76. The summed E-state index contributed by atoms with van der Waals surface area (Å²) in [7, 11) is -3.39. The first-order valence-corrected chi connectivity index (χ1v) is 9.64. The van der Waals surface area contributed by atoms with Gasteiger partial charge in [-0.2, -0.15) is 0 Å². The van der Waals surface area contributed by atoms with E-state index in [0.717, 1.165) is 11.8 Å². The summed E-state index contributed by atoms with van der Waals surface area (Å²) in [4.78, 5) is 12.2. The molecule has 128 valence electrons. The van der Waals surface area contributed by atoms with Crippen LogP contribution >= 0.6 is 23.2 Å². The van der Waals surface area contributed by atoms with Crippen LogP contribution in [0.3, 0.4) is 0 Å². The molecule has 2 aromatic rings. The number of carbonyl (C=O) groups excluding carboxylic acids is 1. The molecule has 0 spiro atoms. The zero-order valence-corrected chi connectivity index (χ0v) is 15.3. The van der Waals surface area contributed by atoms with E-state index in [9.17, 15) is 13.2 Å². The Balaban J connectivity index is 2.12. The van der Waals surface area contributed by atoms with Gasteiger partial charge in [-0.15, -0.1) is 0 Å². The molecule has 2 aromatic carbocycles. The molecule has 5 nitrogen and oxygen atoms in total. The van der Waals surface area contributed by atoms with Crippen LogP contribution in [0.5, 0.6) is 0 Å². The third-order valence-electron chi connectivity index (χ3n) is 3.31. The summed E-state index contributed by atoms with van der Waals surface area (Å²) in [5.41, 5.74) is 1.06. The number of anilines is 1. The molecule has 2 rings (SSSR count). The molecule has 0 aromatic heterocycles. The molecule has 0 aliphatic rings. The number of halogens is 2. The fraction of sp³-hybridized carbons (Fsp3) is 0.188. The topological polar surface area (TPSA) is 75.3 Å². The van der Waals surface area contributed by atoms with E-state index in [1.54, 1.807) is 25.1 Å². The van der Waals surface area contributed by atoms with Crippen molar-refractivity contribution in [3.8, 4) is 0 Å². The third kappa shape index (κ3) is 4.87. The minimum absolute atomic E-state index is 0.0742. The van der Waals surface area contributed by atoms with E-state index in [2.05, 4.69) is 10.6 Å². The van der Waals surface area contributed by atoms with Gasteiger partial charge in [0.2, 0.25) is 0 Å². The van der Waals surface area contributed by atoms with Crippen molar-refractivity contribution in [2.24, 2.45) is 0 Å². The quantitative estimate of drug-likeness (QED) is 0.822. The predicted octanol–water partition coefficient (Wildman–Crippen LogP) is 4.28. The highest BCUT2D eigenvalue weighted by molar-refractivity contribution is 7.90. The van der Waals surface area contributed by atoms with E-state index in [4.69, 9.17) is 23.2 Å². The molecule has 0 saturated heterocycles. The maximum absolute atomic E-state index is 12.1. The Morgan fingerprint density at radius 2 is 1.83 bits per heavy atom. The molecule has 1 atom stereocenters. The largest absolute Gasteiger partial charge is 0.331 e. The van der Waals surface area contributed by atoms with Crippen LogP contribution in [0.25, 0.3) is 0 Å². The summed E-state index contributed by atoms with van der Waals surface area (Å²) in [5.74, 6) is 0. The van der Waals surface area contributed by atoms with Crippen LogP contribution < -0.4 is 10.6 Å². The lowest BCUT2D eigenvalue weighted by molar-refractivity contribution is 0.249. The van der Waals surface area contributed by atoms with Crippen LogP contribution in [-0.2, 0) is 9.84 Å². The van der Waals surface area contributed by atoms with Crippen LogP contribution in [0.2, 0.25) is 10.0 Å². The normalized spacial score (nSPS) is 12.5. The van der Waals surface area contributed by atoms with Gasteiger partial charge in [-0.05, 0) is 42.8 Å². The fourth-order valence-corrected chi connectivity index (χ4v) is 3.06. The van der Waals surface area contributed by atoms with Crippen LogP contribution in [0.4, 0.5) is 10.5 Å². The van der Waals surface area contributed by atoms with E-state index < -0.39 is 15.9 Å². The lowest BCUT2D eigenvalue weighted by Crippen LogP contribution is -2.31. The molecule has 8 heteroatoms. The van der Waals surface area contributed by atoms with Gasteiger partial charge in [0.15, 0.2) is 9.84 Å². The molecule has 0 saturated carbocycles. The summed E-state index contributed by atoms with van der Waals surface area (Å²) in [6, 6.07) is 10.5. The van der Waals surface area contributed by atoms with Crippen molar-refractivity contribution in [3.63, 3.8) is 0 Å². The summed E-state index contributed by atoms with van der Waals surface area (Å²) >= 11 is 11.9. The minimum Gasteiger partial charge on any atom is -0.331 e. The van der Waals surface area contributed by atoms with Gasteiger partial charge in [-0.25, -0.2) is 13.2 Å². The second kappa shape index (κ2) is 7.42. The molecule has 24 heavy (non-hydrogen) atoms. The number of carbonyl (C=O) groups is 1. The minimum atomic E-state index is -3.39. The zero-order chi connectivity index (χ0) is 17.9. The number of hydrogen-bond donors (Lipinski definition) is 2. The molecule has 0 radical (unpaired) electrons. The van der Waals surface area contributed by atoms with Gasteiger partial charge >= 0.3 is 6.03 Å². The highest BCUT2D eigenvalue weighted by Gasteiger charge is 2.14. The van der Waals surface area contributed by atoms with Gasteiger partial charge in [0.1, 0.15) is 0 Å². The number of nitrogens with one attached hydrogen (secondary N) is 2. The van der Waals surface area contributed by atoms with Crippen molar-refractivity contribution in [1.82, 2.24) is 5.32 Å². The molecule has 0 aliphatic carbocycles. The Morgan fingerprint density at radius 1 is 1.12 bits per heavy atom. The highest BCUT2D eigenvalue weighted by atomic mass is 35.5. The number of hydrogen-bond acceptors (Lipinski definition) is 3. The predicted molar refractivity (Wildman–Crippen MR) is 96.6 cm³/mol. The standard InChI is InChI=1S/C16H16Cl2N2O3S/c1-10(11-4-3-5-12(17)8-11)19-16(21)20-15-9-13(24(2,22)23)6-7-14(15)18/h3-10H,1-2H3,(H2,19,20,21)/t10-/m1/s1. The van der Waals surface area contributed by atoms with E-state index in [1.807, 2.05) is 6.07 Å². The molecule has 0 aliphatic heterocycles. The molecular weight excluding hydrogens is 371 g/mol. The monoisotopic (exact) mass is 386 g/mol. The molecular formula is C16H16Cl2N2O3S.